The summed E-state index contributed by atoms with van der Waals surface area (Å²) < 4.78 is 16.2. The Bertz CT molecular complexity index is 1100. The van der Waals surface area contributed by atoms with Gasteiger partial charge in [-0.05, 0) is 54.8 Å². The lowest BCUT2D eigenvalue weighted by molar-refractivity contribution is -0.128. The van der Waals surface area contributed by atoms with Crippen molar-refractivity contribution >= 4 is 5.91 Å². The zero-order valence-corrected chi connectivity index (χ0v) is 18.0. The van der Waals surface area contributed by atoms with Crippen molar-refractivity contribution in [3.8, 4) is 28.6 Å². The summed E-state index contributed by atoms with van der Waals surface area (Å²) in [6.07, 6.45) is 4.81. The Morgan fingerprint density at radius 3 is 2.66 bits per heavy atom. The van der Waals surface area contributed by atoms with E-state index in [4.69, 9.17) is 14.2 Å². The summed E-state index contributed by atoms with van der Waals surface area (Å²) in [5, 5.41) is 10.3. The monoisotopic (exact) mass is 434 g/mol. The van der Waals surface area contributed by atoms with Gasteiger partial charge in [-0.25, -0.2) is 4.98 Å². The molecule has 0 radical (unpaired) electrons. The van der Waals surface area contributed by atoms with Crippen molar-refractivity contribution in [3.05, 3.63) is 53.9 Å². The number of amides is 1. The first-order valence-electron chi connectivity index (χ1n) is 10.9. The lowest BCUT2D eigenvalue weighted by atomic mass is 9.68. The third-order valence-corrected chi connectivity index (χ3v) is 6.36. The molecule has 2 N–H and O–H groups in total. The van der Waals surface area contributed by atoms with Gasteiger partial charge in [-0.3, -0.25) is 9.89 Å². The number of nitrogens with zero attached hydrogens (tertiary/aromatic N) is 2. The normalized spacial score (nSPS) is 16.5. The van der Waals surface area contributed by atoms with E-state index in [1.54, 1.807) is 7.11 Å². The number of H-pyrrole nitrogens is 1. The summed E-state index contributed by atoms with van der Waals surface area (Å²) in [7, 11) is 1.63. The Morgan fingerprint density at radius 1 is 1.09 bits per heavy atom. The number of ether oxygens (including phenoxy) is 3. The van der Waals surface area contributed by atoms with E-state index in [2.05, 4.69) is 20.5 Å². The molecule has 0 unspecified atom stereocenters. The second-order valence-corrected chi connectivity index (χ2v) is 8.23. The smallest absolute Gasteiger partial charge is 0.231 e. The van der Waals surface area contributed by atoms with Crippen LogP contribution in [0.15, 0.2) is 42.5 Å². The lowest BCUT2D eigenvalue weighted by Crippen LogP contribution is -2.45. The molecule has 1 aliphatic heterocycles. The van der Waals surface area contributed by atoms with Crippen molar-refractivity contribution in [2.45, 2.75) is 44.1 Å². The summed E-state index contributed by atoms with van der Waals surface area (Å²) in [5.41, 5.74) is 1.29. The Hall–Kier alpha value is -3.55. The molecule has 2 aliphatic rings. The van der Waals surface area contributed by atoms with Gasteiger partial charge < -0.3 is 19.5 Å². The molecular formula is C24H26N4O4. The number of methoxy groups -OCH3 is 1. The van der Waals surface area contributed by atoms with Crippen molar-refractivity contribution in [2.75, 3.05) is 13.9 Å². The number of hydrogen-bond acceptors (Lipinski definition) is 6. The first kappa shape index (κ1) is 20.4. The van der Waals surface area contributed by atoms with Crippen LogP contribution in [0.4, 0.5) is 0 Å². The van der Waals surface area contributed by atoms with Crippen LogP contribution >= 0.6 is 0 Å². The van der Waals surface area contributed by atoms with Gasteiger partial charge in [0.05, 0.1) is 19.1 Å². The van der Waals surface area contributed by atoms with Gasteiger partial charge >= 0.3 is 0 Å². The number of fused-ring (bicyclic) bond motifs is 1. The largest absolute Gasteiger partial charge is 0.497 e. The Morgan fingerprint density at radius 2 is 1.88 bits per heavy atom. The first-order chi connectivity index (χ1) is 15.7. The topological polar surface area (TPSA) is 98.4 Å². The van der Waals surface area contributed by atoms with Crippen molar-refractivity contribution in [1.29, 1.82) is 0 Å². The van der Waals surface area contributed by atoms with Gasteiger partial charge in [0.25, 0.3) is 0 Å². The number of benzene rings is 2. The van der Waals surface area contributed by atoms with Gasteiger partial charge in [-0.2, -0.15) is 5.10 Å². The molecule has 1 fully saturated rings. The van der Waals surface area contributed by atoms with Crippen molar-refractivity contribution in [2.24, 2.45) is 0 Å². The second-order valence-electron chi connectivity index (χ2n) is 8.23. The number of aromatic nitrogens is 3. The molecule has 1 amide bonds. The fourth-order valence-corrected chi connectivity index (χ4v) is 4.57. The molecular weight excluding hydrogens is 408 g/mol. The highest BCUT2D eigenvalue weighted by Crippen LogP contribution is 2.43. The number of carbonyl (C=O) groups is 1. The quantitative estimate of drug-likeness (QED) is 0.614. The highest BCUT2D eigenvalue weighted by atomic mass is 16.7. The maximum atomic E-state index is 13.5. The maximum Gasteiger partial charge on any atom is 0.231 e. The summed E-state index contributed by atoms with van der Waals surface area (Å²) in [5.74, 6) is 3.42. The minimum absolute atomic E-state index is 0.0125. The molecule has 0 spiro atoms. The van der Waals surface area contributed by atoms with Crippen LogP contribution < -0.4 is 19.5 Å². The molecule has 0 saturated heterocycles. The molecule has 1 saturated carbocycles. The van der Waals surface area contributed by atoms with Crippen LogP contribution in [0.2, 0.25) is 0 Å². The molecule has 3 aromatic rings. The van der Waals surface area contributed by atoms with E-state index >= 15 is 0 Å². The van der Waals surface area contributed by atoms with Gasteiger partial charge in [-0.1, -0.05) is 25.3 Å². The van der Waals surface area contributed by atoms with Crippen molar-refractivity contribution in [3.63, 3.8) is 0 Å². The minimum atomic E-state index is -0.571. The van der Waals surface area contributed by atoms with Crippen LogP contribution in [0, 0.1) is 0 Å². The van der Waals surface area contributed by atoms with Crippen LogP contribution in [0.3, 0.4) is 0 Å². The van der Waals surface area contributed by atoms with E-state index in [1.807, 2.05) is 42.5 Å². The molecule has 2 aromatic carbocycles. The van der Waals surface area contributed by atoms with E-state index < -0.39 is 5.41 Å². The van der Waals surface area contributed by atoms with Crippen molar-refractivity contribution in [1.82, 2.24) is 20.5 Å². The van der Waals surface area contributed by atoms with Gasteiger partial charge in [0.2, 0.25) is 12.7 Å². The molecule has 0 atom stereocenters. The van der Waals surface area contributed by atoms with Crippen LogP contribution in [0.5, 0.6) is 17.2 Å². The zero-order valence-electron chi connectivity index (χ0n) is 18.0. The Labute approximate surface area is 186 Å². The number of carbonyl (C=O) groups excluding carboxylic acids is 1. The Kier molecular flexibility index (Phi) is 5.43. The van der Waals surface area contributed by atoms with Crippen LogP contribution in [0.1, 0.15) is 43.5 Å². The zero-order chi connectivity index (χ0) is 22.0. The number of nitrogens with one attached hydrogen (secondary N) is 2. The first-order valence-corrected chi connectivity index (χ1v) is 10.9. The van der Waals surface area contributed by atoms with Gasteiger partial charge in [0.1, 0.15) is 11.6 Å². The molecule has 2 heterocycles. The average molecular weight is 434 g/mol. The third kappa shape index (κ3) is 3.77. The third-order valence-electron chi connectivity index (χ3n) is 6.36. The van der Waals surface area contributed by atoms with Crippen molar-refractivity contribution < 1.29 is 19.0 Å². The highest BCUT2D eigenvalue weighted by molar-refractivity contribution is 5.88. The van der Waals surface area contributed by atoms with Gasteiger partial charge in [0, 0.05) is 5.56 Å². The van der Waals surface area contributed by atoms with E-state index in [-0.39, 0.29) is 19.2 Å². The van der Waals surface area contributed by atoms with Gasteiger partial charge in [0.15, 0.2) is 17.3 Å². The number of hydrogen-bond donors (Lipinski definition) is 2. The summed E-state index contributed by atoms with van der Waals surface area (Å²) in [6, 6.07) is 13.4. The summed E-state index contributed by atoms with van der Waals surface area (Å²) in [6.45, 7) is 0.508. The molecule has 8 nitrogen and oxygen atoms in total. The predicted molar refractivity (Wildman–Crippen MR) is 118 cm³/mol. The molecule has 5 rings (SSSR count). The highest BCUT2D eigenvalue weighted by Gasteiger charge is 2.41. The van der Waals surface area contributed by atoms with E-state index in [1.165, 1.54) is 0 Å². The molecule has 166 valence electrons. The number of rotatable bonds is 6. The average Bonchev–Trinajstić information content (AvgIpc) is 3.52. The summed E-state index contributed by atoms with van der Waals surface area (Å²) in [4.78, 5) is 18.0. The summed E-state index contributed by atoms with van der Waals surface area (Å²) >= 11 is 0. The fourth-order valence-electron chi connectivity index (χ4n) is 4.57. The lowest BCUT2D eigenvalue weighted by Gasteiger charge is -2.36. The molecule has 0 bridgehead atoms. The van der Waals surface area contributed by atoms with E-state index in [0.717, 1.165) is 54.7 Å². The van der Waals surface area contributed by atoms with Crippen LogP contribution in [-0.2, 0) is 16.8 Å². The second kappa shape index (κ2) is 8.53. The minimum Gasteiger partial charge on any atom is -0.497 e. The standard InChI is InChI=1S/C24H26N4O4/c1-30-18-8-5-16(6-9-18)22-26-21(27-28-22)14-25-23(29)24(11-3-2-4-12-24)17-7-10-19-20(13-17)32-15-31-19/h5-10,13H,2-4,11-12,14-15H2,1H3,(H,25,29)(H,26,27,28). The Balaban J connectivity index is 1.32. The predicted octanol–water partition coefficient (Wildman–Crippen LogP) is 3.73. The van der Waals surface area contributed by atoms with Crippen LogP contribution in [-0.4, -0.2) is 35.0 Å². The molecule has 1 aromatic heterocycles. The molecule has 8 heteroatoms. The van der Waals surface area contributed by atoms with E-state index in [0.29, 0.717) is 17.4 Å². The SMILES string of the molecule is COc1ccc(-c2n[nH]c(CNC(=O)C3(c4ccc5c(c4)OCO5)CCCCC3)n2)cc1. The molecule has 32 heavy (non-hydrogen) atoms. The van der Waals surface area contributed by atoms with E-state index in [9.17, 15) is 4.79 Å². The maximum absolute atomic E-state index is 13.5. The molecule has 1 aliphatic carbocycles. The fraction of sp³-hybridized carbons (Fsp3) is 0.375. The number of aromatic amines is 1. The van der Waals surface area contributed by atoms with Crippen LogP contribution in [0.25, 0.3) is 11.4 Å². The van der Waals surface area contributed by atoms with Gasteiger partial charge in [-0.15, -0.1) is 0 Å².